The molecule has 2 heterocycles. The van der Waals surface area contributed by atoms with Gasteiger partial charge in [-0.25, -0.2) is 4.68 Å². The number of fused-ring (bicyclic) bond motifs is 1. The smallest absolute Gasteiger partial charge is 0.274 e. The zero-order valence-electron chi connectivity index (χ0n) is 14.1. The van der Waals surface area contributed by atoms with Gasteiger partial charge in [0.15, 0.2) is 0 Å². The van der Waals surface area contributed by atoms with Crippen molar-refractivity contribution in [1.29, 1.82) is 0 Å². The number of rotatable bonds is 5. The third kappa shape index (κ3) is 3.14. The maximum atomic E-state index is 12.7. The van der Waals surface area contributed by atoms with E-state index in [4.69, 9.17) is 4.74 Å². The highest BCUT2D eigenvalue weighted by Gasteiger charge is 2.13. The number of nitrogens with zero attached hydrogens (tertiary/aromatic N) is 4. The largest absolute Gasteiger partial charge is 0.497 e. The zero-order valence-corrected chi connectivity index (χ0v) is 14.1. The summed E-state index contributed by atoms with van der Waals surface area (Å²) >= 11 is 0. The summed E-state index contributed by atoms with van der Waals surface area (Å²) in [5, 5.41) is 6.00. The molecule has 124 valence electrons. The maximum Gasteiger partial charge on any atom is 0.274 e. The molecule has 0 aliphatic heterocycles. The Hall–Kier alpha value is -2.73. The van der Waals surface area contributed by atoms with E-state index in [1.165, 1.54) is 4.68 Å². The molecule has 6 nitrogen and oxygen atoms in total. The Morgan fingerprint density at radius 2 is 2.04 bits per heavy atom. The predicted octanol–water partition coefficient (Wildman–Crippen LogP) is 2.03. The molecule has 0 saturated carbocycles. The van der Waals surface area contributed by atoms with Gasteiger partial charge in [0.25, 0.3) is 5.56 Å². The van der Waals surface area contributed by atoms with Crippen LogP contribution in [0.1, 0.15) is 0 Å². The number of hydrogen-bond acceptors (Lipinski definition) is 5. The summed E-state index contributed by atoms with van der Waals surface area (Å²) in [7, 11) is 5.55. The minimum atomic E-state index is -0.0952. The van der Waals surface area contributed by atoms with Crippen LogP contribution in [0.15, 0.2) is 47.5 Å². The Bertz CT molecular complexity index is 904. The highest BCUT2D eigenvalue weighted by molar-refractivity contribution is 5.94. The van der Waals surface area contributed by atoms with Crippen LogP contribution >= 0.6 is 0 Å². The third-order valence-electron chi connectivity index (χ3n) is 3.86. The lowest BCUT2D eigenvalue weighted by Gasteiger charge is -2.14. The van der Waals surface area contributed by atoms with Crippen molar-refractivity contribution >= 4 is 10.8 Å². The first-order valence-corrected chi connectivity index (χ1v) is 7.74. The van der Waals surface area contributed by atoms with Crippen LogP contribution in [0.3, 0.4) is 0 Å². The van der Waals surface area contributed by atoms with Crippen molar-refractivity contribution in [3.63, 3.8) is 0 Å². The molecule has 0 N–H and O–H groups in total. The average Bonchev–Trinajstić information content (AvgIpc) is 2.61. The first kappa shape index (κ1) is 16.1. The lowest BCUT2D eigenvalue weighted by atomic mass is 10.1. The number of hydrogen-bond donors (Lipinski definition) is 0. The van der Waals surface area contributed by atoms with Gasteiger partial charge in [0, 0.05) is 29.9 Å². The lowest BCUT2D eigenvalue weighted by molar-refractivity contribution is 0.369. The molecule has 0 saturated heterocycles. The van der Waals surface area contributed by atoms with Gasteiger partial charge in [-0.05, 0) is 44.4 Å². The molecule has 0 unspecified atom stereocenters. The quantitative estimate of drug-likeness (QED) is 0.719. The van der Waals surface area contributed by atoms with Crippen LogP contribution in [0.25, 0.3) is 22.0 Å². The van der Waals surface area contributed by atoms with E-state index < -0.39 is 0 Å². The Balaban J connectivity index is 2.25. The fraction of sp³-hybridized carbons (Fsp3) is 0.278. The maximum absolute atomic E-state index is 12.7. The Kier molecular flexibility index (Phi) is 4.57. The molecule has 6 heteroatoms. The van der Waals surface area contributed by atoms with Gasteiger partial charge in [0.05, 0.1) is 19.0 Å². The van der Waals surface area contributed by atoms with Gasteiger partial charge >= 0.3 is 0 Å². The van der Waals surface area contributed by atoms with Gasteiger partial charge in [-0.3, -0.25) is 9.78 Å². The third-order valence-corrected chi connectivity index (χ3v) is 3.86. The van der Waals surface area contributed by atoms with Crippen molar-refractivity contribution in [2.75, 3.05) is 27.7 Å². The minimum absolute atomic E-state index is 0.0952. The highest BCUT2D eigenvalue weighted by Crippen LogP contribution is 2.27. The molecule has 3 aromatic rings. The molecule has 0 aliphatic rings. The van der Waals surface area contributed by atoms with Gasteiger partial charge in [0.1, 0.15) is 11.4 Å². The topological polar surface area (TPSA) is 60.2 Å². The molecule has 24 heavy (non-hydrogen) atoms. The number of ether oxygens (including phenoxy) is 1. The van der Waals surface area contributed by atoms with Crippen LogP contribution in [0.2, 0.25) is 0 Å². The van der Waals surface area contributed by atoms with E-state index >= 15 is 0 Å². The van der Waals surface area contributed by atoms with E-state index in [-0.39, 0.29) is 5.56 Å². The molecule has 0 amide bonds. The fourth-order valence-corrected chi connectivity index (χ4v) is 2.55. The first-order valence-electron chi connectivity index (χ1n) is 7.74. The predicted molar refractivity (Wildman–Crippen MR) is 94.3 cm³/mol. The van der Waals surface area contributed by atoms with Crippen LogP contribution in [0.5, 0.6) is 5.75 Å². The molecule has 0 fully saturated rings. The van der Waals surface area contributed by atoms with Crippen LogP contribution in [0, 0.1) is 0 Å². The summed E-state index contributed by atoms with van der Waals surface area (Å²) in [6.45, 7) is 1.27. The van der Waals surface area contributed by atoms with Crippen molar-refractivity contribution in [1.82, 2.24) is 19.7 Å². The van der Waals surface area contributed by atoms with E-state index in [0.29, 0.717) is 17.7 Å². The van der Waals surface area contributed by atoms with Gasteiger partial charge in [0.2, 0.25) is 0 Å². The standard InChI is InChI=1S/C18H20N4O2/c1-21(2)9-10-22-18(23)15-7-6-14(24-3)11-16(15)17(20-22)13-5-4-8-19-12-13/h4-8,11-12H,9-10H2,1-3H3. The number of likely N-dealkylation sites (N-methyl/N-ethyl adjacent to an activating group) is 1. The molecule has 2 aromatic heterocycles. The summed E-state index contributed by atoms with van der Waals surface area (Å²) in [6.07, 6.45) is 3.47. The second kappa shape index (κ2) is 6.80. The van der Waals surface area contributed by atoms with Crippen molar-refractivity contribution in [2.24, 2.45) is 0 Å². The van der Waals surface area contributed by atoms with Crippen molar-refractivity contribution in [3.8, 4) is 17.0 Å². The minimum Gasteiger partial charge on any atom is -0.497 e. The van der Waals surface area contributed by atoms with Crippen LogP contribution in [0.4, 0.5) is 0 Å². The lowest BCUT2D eigenvalue weighted by Crippen LogP contribution is -2.29. The number of aromatic nitrogens is 3. The van der Waals surface area contributed by atoms with Crippen molar-refractivity contribution < 1.29 is 4.74 Å². The Labute approximate surface area is 140 Å². The van der Waals surface area contributed by atoms with Gasteiger partial charge < -0.3 is 9.64 Å². The van der Waals surface area contributed by atoms with Gasteiger partial charge in [-0.1, -0.05) is 0 Å². The van der Waals surface area contributed by atoms with Gasteiger partial charge in [-0.2, -0.15) is 5.10 Å². The first-order chi connectivity index (χ1) is 11.6. The molecule has 3 rings (SSSR count). The summed E-state index contributed by atoms with van der Waals surface area (Å²) in [4.78, 5) is 18.9. The monoisotopic (exact) mass is 324 g/mol. The second-order valence-corrected chi connectivity index (χ2v) is 5.83. The number of methoxy groups -OCH3 is 1. The van der Waals surface area contributed by atoms with Crippen LogP contribution in [-0.2, 0) is 6.54 Å². The summed E-state index contributed by atoms with van der Waals surface area (Å²) < 4.78 is 6.83. The van der Waals surface area contributed by atoms with E-state index in [0.717, 1.165) is 23.2 Å². The SMILES string of the molecule is COc1ccc2c(=O)n(CCN(C)C)nc(-c3cccnc3)c2c1. The highest BCUT2D eigenvalue weighted by atomic mass is 16.5. The van der Waals surface area contributed by atoms with E-state index in [2.05, 4.69) is 10.1 Å². The average molecular weight is 324 g/mol. The van der Waals surface area contributed by atoms with E-state index in [1.807, 2.05) is 37.2 Å². The van der Waals surface area contributed by atoms with Crippen LogP contribution in [-0.4, -0.2) is 47.4 Å². The number of benzene rings is 1. The summed E-state index contributed by atoms with van der Waals surface area (Å²) in [5.41, 5.74) is 1.51. The van der Waals surface area contributed by atoms with E-state index in [9.17, 15) is 4.79 Å². The van der Waals surface area contributed by atoms with Crippen molar-refractivity contribution in [2.45, 2.75) is 6.54 Å². The molecule has 0 atom stereocenters. The van der Waals surface area contributed by atoms with E-state index in [1.54, 1.807) is 31.6 Å². The molecular formula is C18H20N4O2. The fourth-order valence-electron chi connectivity index (χ4n) is 2.55. The Morgan fingerprint density at radius 3 is 2.71 bits per heavy atom. The summed E-state index contributed by atoms with van der Waals surface area (Å²) in [5.74, 6) is 0.694. The molecule has 0 radical (unpaired) electrons. The second-order valence-electron chi connectivity index (χ2n) is 5.83. The normalized spacial score (nSPS) is 11.2. The van der Waals surface area contributed by atoms with Crippen LogP contribution < -0.4 is 10.3 Å². The molecule has 0 bridgehead atoms. The number of pyridine rings is 1. The zero-order chi connectivity index (χ0) is 17.1. The molecule has 0 aliphatic carbocycles. The molecule has 0 spiro atoms. The summed E-state index contributed by atoms with van der Waals surface area (Å²) in [6, 6.07) is 9.24. The Morgan fingerprint density at radius 1 is 1.21 bits per heavy atom. The molecular weight excluding hydrogens is 304 g/mol. The van der Waals surface area contributed by atoms with Gasteiger partial charge in [-0.15, -0.1) is 0 Å². The van der Waals surface area contributed by atoms with Crippen molar-refractivity contribution in [3.05, 3.63) is 53.1 Å². The molecule has 1 aromatic carbocycles.